The molecule has 35 nitrogen and oxygen atoms in total. The topological polar surface area (TPSA) is 471 Å². The molecule has 3 saturated carbocycles. The lowest BCUT2D eigenvalue weighted by molar-refractivity contribution is -0.155. The first-order valence-corrected chi connectivity index (χ1v) is 40.4. The summed E-state index contributed by atoms with van der Waals surface area (Å²) in [6.45, 7) is -1.67. The van der Waals surface area contributed by atoms with Crippen LogP contribution in [0.5, 0.6) is 18.0 Å². The minimum absolute atomic E-state index is 0.00811. The number of rotatable bonds is 38. The van der Waals surface area contributed by atoms with Crippen LogP contribution in [0.2, 0.25) is 15.1 Å². The van der Waals surface area contributed by atoms with Gasteiger partial charge in [-0.05, 0) is 185 Å². The van der Waals surface area contributed by atoms with E-state index in [-0.39, 0.29) is 91.5 Å². The number of ether oxygens (including phenoxy) is 6. The number of Topliss-reactive ketones (excluding diaryl/α,β-unsaturated/α-hetero) is 1. The highest BCUT2D eigenvalue weighted by atomic mass is 35.5. The molecule has 686 valence electrons. The molecule has 3 aromatic heterocycles. The maximum atomic E-state index is 13.0. The summed E-state index contributed by atoms with van der Waals surface area (Å²) < 4.78 is 144. The Bertz CT molecular complexity index is 5410. The summed E-state index contributed by atoms with van der Waals surface area (Å²) in [6, 6.07) is 34.4. The Morgan fingerprint density at radius 3 is 0.930 bits per heavy atom. The summed E-state index contributed by atoms with van der Waals surface area (Å²) >= 11 is 18.0. The molecular weight excluding hydrogens is 1780 g/mol. The van der Waals surface area contributed by atoms with Crippen molar-refractivity contribution in [3.63, 3.8) is 0 Å². The number of hydrogen-bond donors (Lipinski definition) is 11. The highest BCUT2D eigenvalue weighted by molar-refractivity contribution is 6.36. The van der Waals surface area contributed by atoms with E-state index in [1.165, 1.54) is 94.0 Å². The van der Waals surface area contributed by atoms with E-state index in [4.69, 9.17) is 70.0 Å². The quantitative estimate of drug-likeness (QED) is 0.00741. The number of anilines is 9. The SMILES string of the molecule is CCOC(=O)[C@H](CCC(=O)C(=O)N(C)C)NC(=O)c1ccc(Nc2nc(NC3(c4ccc(Cl)cc4)CC3)nc(OCC(F)(F)F)n2)cc1.CCOC(=O)[C@H](CN)NC(=O)c1ccc(Nc2nc(NC3(c4ccc(Cl)cc4)CC3)nc(OCC(F)(F)F)n2)cc1.COC(=O)[C@H](CN)NC(=O)c1ccc(Nc2nc(NC3(c4ccc(Cl)cc4)CC3)nc(OCC(F)(F)F)n2)cc1. The second kappa shape index (κ2) is 43.4. The van der Waals surface area contributed by atoms with E-state index in [1.807, 2.05) is 36.4 Å². The van der Waals surface area contributed by atoms with Gasteiger partial charge in [0, 0.05) is 82.4 Å². The van der Waals surface area contributed by atoms with Gasteiger partial charge >= 0.3 is 54.5 Å². The van der Waals surface area contributed by atoms with Crippen LogP contribution in [0.15, 0.2) is 146 Å². The number of likely N-dealkylation sites (N-methyl/N-ethyl adjacent to an activating group) is 1. The lowest BCUT2D eigenvalue weighted by Gasteiger charge is -2.19. The molecule has 6 aromatic carbocycles. The molecule has 3 heterocycles. The number of amides is 4. The molecule has 4 amide bonds. The Kier molecular flexibility index (Phi) is 33.0. The second-order valence-corrected chi connectivity index (χ2v) is 30.3. The molecule has 0 unspecified atom stereocenters. The molecule has 0 spiro atoms. The molecule has 0 saturated heterocycles. The van der Waals surface area contributed by atoms with Gasteiger partial charge in [-0.3, -0.25) is 24.0 Å². The standard InChI is InChI=1S/C31H33ClF3N7O6.C26H27ClF3N7O4.C25H25ClF3N7O4/c1-4-47-26(46)22(13-14-23(43)25(45)42(2)3)37-24(44)18-5-11-21(12-6-18)36-27-38-28(40-29(39-27)48-17-31(33,34)35)41-30(15-16-30)19-7-9-20(32)10-8-19;1-2-40-21(39)19(13-31)33-20(38)15-3-9-18(10-4-15)32-22-34-23(36-24(35-22)41-14-26(28,29)30)37-25(11-12-25)16-5-7-17(27)8-6-16;1-39-20(38)18(12-30)32-19(37)14-2-8-17(9-3-14)31-21-33-22(35-23(34-21)40-13-25(27,28)29)36-24(10-11-24)15-4-6-16(26)7-5-15/h5-12,22H,4,13-17H2,1-3H3,(H,37,44)(H2,36,38,39,40,41);3-10,19H,2,11-14,31H2,1H3,(H,33,38)(H2,32,34,35,36,37);2-9,18H,10-13,30H2,1H3,(H,32,37)(H2,31,33,34,35,36)/t22-;19-;18-/m000/s1. The van der Waals surface area contributed by atoms with Crippen LogP contribution in [0, 0.1) is 0 Å². The van der Waals surface area contributed by atoms with Gasteiger partial charge in [-0.15, -0.1) is 0 Å². The Hall–Kier alpha value is -13.3. The fraction of sp³-hybridized carbons (Fsp3) is 0.354. The van der Waals surface area contributed by atoms with Crippen LogP contribution in [0.4, 0.5) is 92.3 Å². The van der Waals surface area contributed by atoms with Gasteiger partial charge in [-0.2, -0.15) is 84.4 Å². The summed E-state index contributed by atoms with van der Waals surface area (Å²) in [7, 11) is 4.03. The number of ketones is 1. The van der Waals surface area contributed by atoms with Gasteiger partial charge in [-0.1, -0.05) is 71.2 Å². The number of nitrogens with two attached hydrogens (primary N) is 2. The normalized spacial score (nSPS) is 14.3. The minimum Gasteiger partial charge on any atom is -0.467 e. The van der Waals surface area contributed by atoms with Crippen molar-refractivity contribution in [2.24, 2.45) is 11.5 Å². The number of hydrogen-bond acceptors (Lipinski definition) is 31. The summed E-state index contributed by atoms with van der Waals surface area (Å²) in [5.41, 5.74) is 14.0. The molecule has 0 aliphatic heterocycles. The number of benzene rings is 6. The molecule has 47 heteroatoms. The summed E-state index contributed by atoms with van der Waals surface area (Å²) in [5, 5.41) is 27.4. The van der Waals surface area contributed by atoms with E-state index in [1.54, 1.807) is 50.2 Å². The highest BCUT2D eigenvalue weighted by Crippen LogP contribution is 2.51. The first-order valence-electron chi connectivity index (χ1n) is 39.3. The van der Waals surface area contributed by atoms with Gasteiger partial charge in [0.1, 0.15) is 18.1 Å². The molecule has 3 fully saturated rings. The van der Waals surface area contributed by atoms with E-state index in [2.05, 4.69) is 97.4 Å². The molecule has 0 radical (unpaired) electrons. The van der Waals surface area contributed by atoms with Gasteiger partial charge in [-0.25, -0.2) is 14.4 Å². The van der Waals surface area contributed by atoms with Crippen molar-refractivity contribution >= 4 is 135 Å². The van der Waals surface area contributed by atoms with E-state index in [0.717, 1.165) is 47.3 Å². The maximum Gasteiger partial charge on any atom is 0.422 e. The summed E-state index contributed by atoms with van der Waals surface area (Å²) in [4.78, 5) is 136. The molecule has 3 aliphatic rings. The van der Waals surface area contributed by atoms with Crippen LogP contribution in [0.1, 0.15) is 113 Å². The number of alkyl halides is 9. The second-order valence-electron chi connectivity index (χ2n) is 29.0. The summed E-state index contributed by atoms with van der Waals surface area (Å²) in [6.07, 6.45) is -9.87. The van der Waals surface area contributed by atoms with Crippen LogP contribution in [0.25, 0.3) is 0 Å². The number of methoxy groups -OCH3 is 1. The molecule has 9 aromatic rings. The smallest absolute Gasteiger partial charge is 0.422 e. The predicted octanol–water partition coefficient (Wildman–Crippen LogP) is 11.9. The number of nitrogens with zero attached hydrogens (tertiary/aromatic N) is 10. The fourth-order valence-electron chi connectivity index (χ4n) is 12.0. The monoisotopic (exact) mass is 1860 g/mol. The lowest BCUT2D eigenvalue weighted by atomic mass is 10.1. The van der Waals surface area contributed by atoms with E-state index < -0.39 is 138 Å². The zero-order valence-corrected chi connectivity index (χ0v) is 71.3. The zero-order chi connectivity index (χ0) is 93.6. The number of halogens is 12. The van der Waals surface area contributed by atoms with Crippen molar-refractivity contribution in [1.82, 2.24) is 65.7 Å². The molecular formula is C82H85Cl3F9N21O14. The number of carbonyl (C=O) groups is 8. The number of esters is 3. The third-order valence-electron chi connectivity index (χ3n) is 19.0. The van der Waals surface area contributed by atoms with Crippen LogP contribution in [-0.2, 0) is 54.8 Å². The van der Waals surface area contributed by atoms with Crippen LogP contribution in [0.3, 0.4) is 0 Å². The third-order valence-corrected chi connectivity index (χ3v) is 19.7. The third kappa shape index (κ3) is 29.6. The minimum atomic E-state index is -4.63. The van der Waals surface area contributed by atoms with Crippen LogP contribution in [-0.4, -0.2) is 201 Å². The molecule has 129 heavy (non-hydrogen) atoms. The Morgan fingerprint density at radius 1 is 0.403 bits per heavy atom. The van der Waals surface area contributed by atoms with E-state index in [0.29, 0.717) is 45.0 Å². The van der Waals surface area contributed by atoms with Crippen LogP contribution < -0.4 is 73.5 Å². The van der Waals surface area contributed by atoms with Crippen molar-refractivity contribution in [1.29, 1.82) is 0 Å². The Labute approximate surface area is 744 Å². The number of nitrogens with one attached hydrogen (secondary N) is 9. The predicted molar refractivity (Wildman–Crippen MR) is 451 cm³/mol. The Balaban J connectivity index is 0.000000202. The first-order chi connectivity index (χ1) is 61.2. The van der Waals surface area contributed by atoms with Crippen molar-refractivity contribution in [3.8, 4) is 18.0 Å². The maximum absolute atomic E-state index is 13.0. The van der Waals surface area contributed by atoms with Crippen molar-refractivity contribution < 1.29 is 106 Å². The zero-order valence-electron chi connectivity index (χ0n) is 69.1. The lowest BCUT2D eigenvalue weighted by Crippen LogP contribution is -2.46. The highest BCUT2D eigenvalue weighted by Gasteiger charge is 2.48. The average molecular weight is 1870 g/mol. The van der Waals surface area contributed by atoms with E-state index >= 15 is 0 Å². The first kappa shape index (κ1) is 97.9. The van der Waals surface area contributed by atoms with Crippen molar-refractivity contribution in [2.45, 2.75) is 118 Å². The molecule has 3 aliphatic carbocycles. The molecule has 3 atom stereocenters. The Morgan fingerprint density at radius 2 is 0.674 bits per heavy atom. The van der Waals surface area contributed by atoms with Gasteiger partial charge in [0.25, 0.3) is 23.6 Å². The average Bonchev–Trinajstić information content (AvgIpc) is 1.62. The number of aromatic nitrogens is 9. The van der Waals surface area contributed by atoms with E-state index in [9.17, 15) is 77.9 Å². The molecule has 0 bridgehead atoms. The molecule has 13 N–H and O–H groups in total. The molecule has 12 rings (SSSR count). The van der Waals surface area contributed by atoms with Crippen molar-refractivity contribution in [3.05, 3.63) is 194 Å². The van der Waals surface area contributed by atoms with Gasteiger partial charge in [0.05, 0.1) is 36.9 Å². The van der Waals surface area contributed by atoms with Gasteiger partial charge < -0.3 is 92.6 Å². The number of carbonyl (C=O) groups excluding carboxylic acids is 8. The van der Waals surface area contributed by atoms with Gasteiger partial charge in [0.2, 0.25) is 41.5 Å². The summed E-state index contributed by atoms with van der Waals surface area (Å²) in [5.74, 6) is -5.62. The largest absolute Gasteiger partial charge is 0.467 e. The van der Waals surface area contributed by atoms with Crippen molar-refractivity contribution in [2.75, 3.05) is 99.2 Å². The van der Waals surface area contributed by atoms with Crippen LogP contribution >= 0.6 is 34.8 Å². The fourth-order valence-corrected chi connectivity index (χ4v) is 12.4. The van der Waals surface area contributed by atoms with Gasteiger partial charge in [0.15, 0.2) is 19.8 Å².